The molecule has 0 radical (unpaired) electrons. The highest BCUT2D eigenvalue weighted by atomic mass is 32.2. The normalized spacial score (nSPS) is 16.1. The lowest BCUT2D eigenvalue weighted by molar-refractivity contribution is -0.0448. The summed E-state index contributed by atoms with van der Waals surface area (Å²) >= 11 is 0. The molecule has 1 aliphatic rings. The first-order chi connectivity index (χ1) is 12.1. The van der Waals surface area contributed by atoms with Gasteiger partial charge < -0.3 is 4.90 Å². The van der Waals surface area contributed by atoms with Crippen LogP contribution in [-0.4, -0.2) is 43.5 Å². The molecule has 1 aliphatic heterocycles. The van der Waals surface area contributed by atoms with Crippen LogP contribution in [0.5, 0.6) is 0 Å². The van der Waals surface area contributed by atoms with Crippen LogP contribution in [0.3, 0.4) is 0 Å². The molecule has 26 heavy (non-hydrogen) atoms. The molecular weight excluding hydrogens is 369 g/mol. The van der Waals surface area contributed by atoms with Crippen molar-refractivity contribution < 1.29 is 21.6 Å². The molecule has 0 saturated carbocycles. The zero-order valence-electron chi connectivity index (χ0n) is 14.3. The number of sulfonamides is 1. The number of hydrogen-bond acceptors (Lipinski definition) is 5. The predicted octanol–water partition coefficient (Wildman–Crippen LogP) is 2.51. The number of aryl methyl sites for hydroxylation is 2. The van der Waals surface area contributed by atoms with Gasteiger partial charge in [-0.1, -0.05) is 0 Å². The molecule has 2 aromatic rings. The third-order valence-electron chi connectivity index (χ3n) is 4.64. The molecule has 0 bridgehead atoms. The standard InChI is InChI=1S/C16H19F3N4O2S/c1-10-5-13-14(6-11(10)2)20-9-21-15(13)23-7-12(8-23)3-4-22-26(24,25)16(17,18)19/h5-6,9,12,22H,3-4,7-8H2,1-2H3. The summed E-state index contributed by atoms with van der Waals surface area (Å²) < 4.78 is 60.4. The Morgan fingerprint density at radius 3 is 2.50 bits per heavy atom. The Bertz CT molecular complexity index is 925. The van der Waals surface area contributed by atoms with Crippen LogP contribution >= 0.6 is 0 Å². The maximum absolute atomic E-state index is 12.3. The molecular formula is C16H19F3N4O2S. The molecule has 0 spiro atoms. The molecule has 1 saturated heterocycles. The molecule has 0 amide bonds. The van der Waals surface area contributed by atoms with Gasteiger partial charge in [-0.05, 0) is 49.4 Å². The fraction of sp³-hybridized carbons (Fsp3) is 0.500. The number of halogens is 3. The van der Waals surface area contributed by atoms with Gasteiger partial charge in [-0.15, -0.1) is 0 Å². The van der Waals surface area contributed by atoms with Crippen LogP contribution in [0.1, 0.15) is 17.5 Å². The minimum Gasteiger partial charge on any atom is -0.355 e. The Morgan fingerprint density at radius 1 is 1.19 bits per heavy atom. The molecule has 1 aromatic heterocycles. The first-order valence-corrected chi connectivity index (χ1v) is 9.59. The van der Waals surface area contributed by atoms with Crippen molar-refractivity contribution in [2.24, 2.45) is 5.92 Å². The first-order valence-electron chi connectivity index (χ1n) is 8.11. The Labute approximate surface area is 149 Å². The molecule has 1 N–H and O–H groups in total. The fourth-order valence-corrected chi connectivity index (χ4v) is 3.51. The van der Waals surface area contributed by atoms with Gasteiger partial charge in [0.15, 0.2) is 0 Å². The lowest BCUT2D eigenvalue weighted by Crippen LogP contribution is -2.48. The van der Waals surface area contributed by atoms with E-state index in [9.17, 15) is 21.6 Å². The van der Waals surface area contributed by atoms with E-state index >= 15 is 0 Å². The number of aromatic nitrogens is 2. The number of nitrogens with one attached hydrogen (secondary N) is 1. The fourth-order valence-electron chi connectivity index (χ4n) is 2.96. The van der Waals surface area contributed by atoms with Gasteiger partial charge in [0.25, 0.3) is 0 Å². The van der Waals surface area contributed by atoms with Gasteiger partial charge in [-0.3, -0.25) is 0 Å². The molecule has 142 valence electrons. The number of alkyl halides is 3. The van der Waals surface area contributed by atoms with Gasteiger partial charge in [0, 0.05) is 25.0 Å². The second-order valence-electron chi connectivity index (χ2n) is 6.55. The van der Waals surface area contributed by atoms with E-state index in [0.29, 0.717) is 19.5 Å². The van der Waals surface area contributed by atoms with Crippen LogP contribution in [0.2, 0.25) is 0 Å². The van der Waals surface area contributed by atoms with E-state index in [0.717, 1.165) is 27.8 Å². The van der Waals surface area contributed by atoms with Crippen molar-refractivity contribution in [3.63, 3.8) is 0 Å². The van der Waals surface area contributed by atoms with Gasteiger partial charge in [0.05, 0.1) is 5.52 Å². The maximum Gasteiger partial charge on any atom is 0.511 e. The maximum atomic E-state index is 12.3. The highest BCUT2D eigenvalue weighted by Gasteiger charge is 2.45. The van der Waals surface area contributed by atoms with E-state index in [-0.39, 0.29) is 12.5 Å². The van der Waals surface area contributed by atoms with Gasteiger partial charge in [0.2, 0.25) is 0 Å². The molecule has 3 rings (SSSR count). The topological polar surface area (TPSA) is 75.2 Å². The summed E-state index contributed by atoms with van der Waals surface area (Å²) in [7, 11) is -5.27. The van der Waals surface area contributed by atoms with E-state index in [4.69, 9.17) is 0 Å². The summed E-state index contributed by atoms with van der Waals surface area (Å²) in [5.41, 5.74) is -2.15. The summed E-state index contributed by atoms with van der Waals surface area (Å²) in [5, 5.41) is 0.937. The van der Waals surface area contributed by atoms with E-state index in [1.807, 2.05) is 30.9 Å². The molecule has 0 atom stereocenters. The van der Waals surface area contributed by atoms with Crippen LogP contribution in [0.4, 0.5) is 19.0 Å². The van der Waals surface area contributed by atoms with Crippen molar-refractivity contribution in [1.82, 2.24) is 14.7 Å². The van der Waals surface area contributed by atoms with Crippen LogP contribution in [0.25, 0.3) is 10.9 Å². The Balaban J connectivity index is 1.61. The van der Waals surface area contributed by atoms with Gasteiger partial charge in [-0.25, -0.2) is 23.1 Å². The molecule has 1 aromatic carbocycles. The van der Waals surface area contributed by atoms with E-state index < -0.39 is 15.5 Å². The lowest BCUT2D eigenvalue weighted by atomic mass is 9.95. The van der Waals surface area contributed by atoms with Gasteiger partial charge in [-0.2, -0.15) is 13.2 Å². The smallest absolute Gasteiger partial charge is 0.355 e. The second-order valence-corrected chi connectivity index (χ2v) is 8.31. The van der Waals surface area contributed by atoms with Crippen LogP contribution in [0.15, 0.2) is 18.5 Å². The van der Waals surface area contributed by atoms with E-state index in [1.165, 1.54) is 6.33 Å². The summed E-state index contributed by atoms with van der Waals surface area (Å²) in [4.78, 5) is 10.7. The Hall–Kier alpha value is -1.94. The summed E-state index contributed by atoms with van der Waals surface area (Å²) in [6, 6.07) is 4.03. The van der Waals surface area contributed by atoms with E-state index in [1.54, 1.807) is 4.72 Å². The average molecular weight is 388 g/mol. The zero-order valence-corrected chi connectivity index (χ0v) is 15.2. The molecule has 6 nitrogen and oxygen atoms in total. The summed E-state index contributed by atoms with van der Waals surface area (Å²) in [6.07, 6.45) is 1.84. The van der Waals surface area contributed by atoms with Crippen molar-refractivity contribution in [2.75, 3.05) is 24.5 Å². The zero-order chi connectivity index (χ0) is 19.1. The van der Waals surface area contributed by atoms with Gasteiger partial charge >= 0.3 is 15.5 Å². The number of hydrogen-bond donors (Lipinski definition) is 1. The number of nitrogens with zero attached hydrogens (tertiary/aromatic N) is 3. The third kappa shape index (κ3) is 3.61. The summed E-state index contributed by atoms with van der Waals surface area (Å²) in [6.45, 7) is 5.03. The molecule has 1 fully saturated rings. The average Bonchev–Trinajstić information content (AvgIpc) is 2.49. The predicted molar refractivity (Wildman–Crippen MR) is 92.3 cm³/mol. The van der Waals surface area contributed by atoms with Crippen LogP contribution in [0, 0.1) is 19.8 Å². The van der Waals surface area contributed by atoms with Crippen LogP contribution < -0.4 is 9.62 Å². The second kappa shape index (κ2) is 6.66. The SMILES string of the molecule is Cc1cc2ncnc(N3CC(CCNS(=O)(=O)C(F)(F)F)C3)c2cc1C. The minimum absolute atomic E-state index is 0.113. The first kappa shape index (κ1) is 18.8. The van der Waals surface area contributed by atoms with Crippen molar-refractivity contribution in [1.29, 1.82) is 0 Å². The Morgan fingerprint density at radius 2 is 1.85 bits per heavy atom. The largest absolute Gasteiger partial charge is 0.511 e. The summed E-state index contributed by atoms with van der Waals surface area (Å²) in [5.74, 6) is 0.910. The quantitative estimate of drug-likeness (QED) is 0.852. The lowest BCUT2D eigenvalue weighted by Gasteiger charge is -2.40. The third-order valence-corrected chi connectivity index (χ3v) is 5.83. The monoisotopic (exact) mass is 388 g/mol. The highest BCUT2D eigenvalue weighted by Crippen LogP contribution is 2.31. The highest BCUT2D eigenvalue weighted by molar-refractivity contribution is 7.90. The molecule has 2 heterocycles. The Kier molecular flexibility index (Phi) is 4.82. The number of benzene rings is 1. The van der Waals surface area contributed by atoms with E-state index in [2.05, 4.69) is 9.97 Å². The van der Waals surface area contributed by atoms with Crippen LogP contribution in [-0.2, 0) is 10.0 Å². The van der Waals surface area contributed by atoms with Crippen molar-refractivity contribution in [2.45, 2.75) is 25.8 Å². The van der Waals surface area contributed by atoms with Crippen molar-refractivity contribution in [3.8, 4) is 0 Å². The van der Waals surface area contributed by atoms with Crippen molar-refractivity contribution in [3.05, 3.63) is 29.6 Å². The molecule has 0 aliphatic carbocycles. The molecule has 0 unspecified atom stereocenters. The van der Waals surface area contributed by atoms with Crippen molar-refractivity contribution >= 4 is 26.7 Å². The number of rotatable bonds is 5. The number of fused-ring (bicyclic) bond motifs is 1. The molecule has 10 heteroatoms. The van der Waals surface area contributed by atoms with Gasteiger partial charge in [0.1, 0.15) is 12.1 Å². The minimum atomic E-state index is -5.27. The number of anilines is 1.